The van der Waals surface area contributed by atoms with Crippen molar-refractivity contribution in [2.75, 3.05) is 6.61 Å². The third-order valence-electron chi connectivity index (χ3n) is 2.95. The maximum Gasteiger partial charge on any atom is 0.217 e. The second kappa shape index (κ2) is 3.75. The molecule has 5 nitrogen and oxygen atoms in total. The third kappa shape index (κ3) is 1.44. The van der Waals surface area contributed by atoms with Gasteiger partial charge in [0.2, 0.25) is 5.82 Å². The van der Waals surface area contributed by atoms with Gasteiger partial charge < -0.3 is 9.52 Å². The predicted octanol–water partition coefficient (Wildman–Crippen LogP) is 1.41. The molecule has 0 amide bonds. The largest absolute Gasteiger partial charge is 0.461 e. The van der Waals surface area contributed by atoms with Crippen LogP contribution in [-0.2, 0) is 6.54 Å². The highest BCUT2D eigenvalue weighted by Gasteiger charge is 2.24. The summed E-state index contributed by atoms with van der Waals surface area (Å²) in [5, 5.41) is 13.7. The number of furan rings is 1. The Morgan fingerprint density at radius 2 is 2.50 bits per heavy atom. The molecule has 0 spiro atoms. The van der Waals surface area contributed by atoms with E-state index in [9.17, 15) is 5.11 Å². The van der Waals surface area contributed by atoms with Crippen LogP contribution in [0, 0.1) is 0 Å². The lowest BCUT2D eigenvalue weighted by Gasteiger charge is -2.19. The number of fused-ring (bicyclic) bond motifs is 1. The summed E-state index contributed by atoms with van der Waals surface area (Å²) in [4.78, 5) is 4.44. The molecular formula is C11H13N3O2. The molecule has 3 rings (SSSR count). The molecule has 0 fully saturated rings. The molecule has 1 aliphatic heterocycles. The Hall–Kier alpha value is -1.62. The zero-order valence-electron chi connectivity index (χ0n) is 8.83. The first kappa shape index (κ1) is 9.59. The average Bonchev–Trinajstić information content (AvgIpc) is 2.96. The Morgan fingerprint density at radius 1 is 1.56 bits per heavy atom. The molecule has 0 radical (unpaired) electrons. The second-order valence-electron chi connectivity index (χ2n) is 4.02. The highest BCUT2D eigenvalue weighted by Crippen LogP contribution is 2.27. The average molecular weight is 219 g/mol. The van der Waals surface area contributed by atoms with E-state index in [1.807, 2.05) is 16.8 Å². The molecule has 1 N–H and O–H groups in total. The number of aliphatic hydroxyl groups is 1. The third-order valence-corrected chi connectivity index (χ3v) is 2.95. The van der Waals surface area contributed by atoms with Gasteiger partial charge in [0.1, 0.15) is 5.82 Å². The topological polar surface area (TPSA) is 64.1 Å². The molecule has 0 aromatic carbocycles. The van der Waals surface area contributed by atoms with Crippen molar-refractivity contribution < 1.29 is 9.52 Å². The predicted molar refractivity (Wildman–Crippen MR) is 56.8 cm³/mol. The van der Waals surface area contributed by atoms with Crippen LogP contribution in [0.3, 0.4) is 0 Å². The van der Waals surface area contributed by atoms with Crippen LogP contribution in [0.25, 0.3) is 11.6 Å². The van der Waals surface area contributed by atoms with E-state index in [2.05, 4.69) is 10.1 Å². The Bertz CT molecular complexity index is 475. The minimum Gasteiger partial charge on any atom is -0.461 e. The highest BCUT2D eigenvalue weighted by molar-refractivity contribution is 5.45. The van der Waals surface area contributed by atoms with E-state index in [4.69, 9.17) is 4.42 Å². The number of rotatable bonds is 2. The fourth-order valence-corrected chi connectivity index (χ4v) is 2.12. The van der Waals surface area contributed by atoms with Crippen LogP contribution in [0.1, 0.15) is 24.6 Å². The first-order valence-corrected chi connectivity index (χ1v) is 5.48. The lowest BCUT2D eigenvalue weighted by molar-refractivity contribution is 0.234. The monoisotopic (exact) mass is 219 g/mol. The number of hydrogen-bond donors (Lipinski definition) is 1. The summed E-state index contributed by atoms with van der Waals surface area (Å²) in [6.07, 6.45) is 3.63. The Kier molecular flexibility index (Phi) is 2.25. The lowest BCUT2D eigenvalue weighted by Crippen LogP contribution is -2.19. The van der Waals surface area contributed by atoms with Crippen molar-refractivity contribution in [2.24, 2.45) is 0 Å². The Labute approximate surface area is 92.7 Å². The molecule has 0 saturated heterocycles. The number of aryl methyl sites for hydroxylation is 1. The quantitative estimate of drug-likeness (QED) is 0.829. The van der Waals surface area contributed by atoms with Crippen molar-refractivity contribution >= 4 is 0 Å². The van der Waals surface area contributed by atoms with Gasteiger partial charge in [-0.25, -0.2) is 9.67 Å². The van der Waals surface area contributed by atoms with Crippen LogP contribution in [-0.4, -0.2) is 26.5 Å². The van der Waals surface area contributed by atoms with Gasteiger partial charge in [0, 0.05) is 12.5 Å². The van der Waals surface area contributed by atoms with Gasteiger partial charge in [-0.3, -0.25) is 0 Å². The fraction of sp³-hybridized carbons (Fsp3) is 0.455. The van der Waals surface area contributed by atoms with Crippen molar-refractivity contribution in [1.29, 1.82) is 0 Å². The van der Waals surface area contributed by atoms with Crippen LogP contribution in [0.2, 0.25) is 0 Å². The summed E-state index contributed by atoms with van der Waals surface area (Å²) in [6.45, 7) is 1.01. The first-order valence-electron chi connectivity index (χ1n) is 5.48. The molecule has 84 valence electrons. The molecule has 0 aliphatic carbocycles. The van der Waals surface area contributed by atoms with Crippen LogP contribution in [0.15, 0.2) is 22.8 Å². The summed E-state index contributed by atoms with van der Waals surface area (Å²) in [5.74, 6) is 2.28. The molecular weight excluding hydrogens is 206 g/mol. The zero-order valence-corrected chi connectivity index (χ0v) is 8.83. The number of nitrogens with zero attached hydrogens (tertiary/aromatic N) is 3. The molecule has 1 unspecified atom stereocenters. The number of aliphatic hydroxyl groups excluding tert-OH is 1. The molecule has 0 saturated carbocycles. The van der Waals surface area contributed by atoms with Gasteiger partial charge in [-0.15, -0.1) is 5.10 Å². The molecule has 1 aliphatic rings. The maximum absolute atomic E-state index is 9.27. The van der Waals surface area contributed by atoms with E-state index in [-0.39, 0.29) is 12.5 Å². The van der Waals surface area contributed by atoms with Gasteiger partial charge in [-0.05, 0) is 25.0 Å². The van der Waals surface area contributed by atoms with Crippen molar-refractivity contribution in [2.45, 2.75) is 25.3 Å². The smallest absolute Gasteiger partial charge is 0.217 e. The second-order valence-corrected chi connectivity index (χ2v) is 4.02. The van der Waals surface area contributed by atoms with Gasteiger partial charge in [-0.1, -0.05) is 0 Å². The summed E-state index contributed by atoms with van der Waals surface area (Å²) in [6, 6.07) is 3.66. The Morgan fingerprint density at radius 3 is 3.25 bits per heavy atom. The minimum absolute atomic E-state index is 0.116. The molecule has 2 aromatic heterocycles. The van der Waals surface area contributed by atoms with E-state index in [1.165, 1.54) is 0 Å². The van der Waals surface area contributed by atoms with Gasteiger partial charge in [0.25, 0.3) is 0 Å². The summed E-state index contributed by atoms with van der Waals surface area (Å²) < 4.78 is 7.14. The van der Waals surface area contributed by atoms with Gasteiger partial charge in [0.05, 0.1) is 12.9 Å². The zero-order chi connectivity index (χ0) is 11.0. The number of hydrogen-bond acceptors (Lipinski definition) is 4. The highest BCUT2D eigenvalue weighted by atomic mass is 16.3. The van der Waals surface area contributed by atoms with E-state index < -0.39 is 0 Å². The standard InChI is InChI=1S/C11H13N3O2/c15-7-8-3-1-5-14-11(8)12-10(13-14)9-4-2-6-16-9/h2,4,6,8,15H,1,3,5,7H2. The molecule has 16 heavy (non-hydrogen) atoms. The van der Waals surface area contributed by atoms with Gasteiger partial charge in [-0.2, -0.15) is 0 Å². The van der Waals surface area contributed by atoms with Crippen LogP contribution in [0.5, 0.6) is 0 Å². The van der Waals surface area contributed by atoms with Crippen molar-refractivity contribution in [3.63, 3.8) is 0 Å². The summed E-state index contributed by atoms with van der Waals surface area (Å²) in [7, 11) is 0. The minimum atomic E-state index is 0.116. The van der Waals surface area contributed by atoms with Gasteiger partial charge in [0.15, 0.2) is 5.76 Å². The van der Waals surface area contributed by atoms with Crippen molar-refractivity contribution in [1.82, 2.24) is 14.8 Å². The summed E-state index contributed by atoms with van der Waals surface area (Å²) >= 11 is 0. The SMILES string of the molecule is OCC1CCCn2nc(-c3ccco3)nc21. The van der Waals surface area contributed by atoms with Crippen LogP contribution in [0.4, 0.5) is 0 Å². The summed E-state index contributed by atoms with van der Waals surface area (Å²) in [5.41, 5.74) is 0. The maximum atomic E-state index is 9.27. The molecule has 0 bridgehead atoms. The fourth-order valence-electron chi connectivity index (χ4n) is 2.12. The van der Waals surface area contributed by atoms with Crippen molar-refractivity contribution in [3.8, 4) is 11.6 Å². The van der Waals surface area contributed by atoms with E-state index in [0.717, 1.165) is 25.2 Å². The molecule has 1 atom stereocenters. The van der Waals surface area contributed by atoms with Gasteiger partial charge >= 0.3 is 0 Å². The van der Waals surface area contributed by atoms with Crippen LogP contribution >= 0.6 is 0 Å². The Balaban J connectivity index is 2.02. The lowest BCUT2D eigenvalue weighted by atomic mass is 10.0. The molecule has 2 aromatic rings. The normalized spacial score (nSPS) is 19.7. The van der Waals surface area contributed by atoms with Crippen molar-refractivity contribution in [3.05, 3.63) is 24.2 Å². The molecule has 5 heteroatoms. The van der Waals surface area contributed by atoms with E-state index >= 15 is 0 Å². The molecule has 3 heterocycles. The first-order chi connectivity index (χ1) is 7.88. The van der Waals surface area contributed by atoms with Crippen LogP contribution < -0.4 is 0 Å². The van der Waals surface area contributed by atoms with E-state index in [0.29, 0.717) is 11.6 Å². The number of aromatic nitrogens is 3. The van der Waals surface area contributed by atoms with E-state index in [1.54, 1.807) is 6.26 Å².